The molecular weight excluding hydrogens is 536 g/mol. The number of unbranched alkanes of at least 4 members (excludes halogenated alkanes) is 12. The number of esters is 2. The van der Waals surface area contributed by atoms with Crippen molar-refractivity contribution in [1.29, 1.82) is 0 Å². The smallest absolute Gasteiger partial charge is 0.306 e. The van der Waals surface area contributed by atoms with Crippen LogP contribution in [0.2, 0.25) is 0 Å². The molecule has 2 N–H and O–H groups in total. The van der Waals surface area contributed by atoms with E-state index in [1.807, 2.05) is 0 Å². The Kier molecular flexibility index (Phi) is 31.4. The van der Waals surface area contributed by atoms with Crippen LogP contribution in [0.5, 0.6) is 0 Å². The van der Waals surface area contributed by atoms with E-state index in [1.165, 1.54) is 64.5 Å². The highest BCUT2D eigenvalue weighted by Gasteiger charge is 2.14. The Labute approximate surface area is 268 Å². The zero-order valence-corrected chi connectivity index (χ0v) is 29.3. The molecule has 0 radical (unpaired) electrons. The SMILES string of the molecule is CCCCC(CCC)OC(=O)CCCCCCCCN(CCCN)CCCCCCCCC(=O)OC(CCC)CCCC. The lowest BCUT2D eigenvalue weighted by atomic mass is 10.1. The molecule has 0 aliphatic heterocycles. The Morgan fingerprint density at radius 2 is 0.860 bits per heavy atom. The number of nitrogens with two attached hydrogens (primary N) is 1. The molecule has 0 aliphatic carbocycles. The lowest BCUT2D eigenvalue weighted by molar-refractivity contribution is -0.151. The number of hydrogen-bond donors (Lipinski definition) is 1. The van der Waals surface area contributed by atoms with Crippen LogP contribution < -0.4 is 5.73 Å². The fourth-order valence-electron chi connectivity index (χ4n) is 5.80. The van der Waals surface area contributed by atoms with Gasteiger partial charge in [0, 0.05) is 12.8 Å². The summed E-state index contributed by atoms with van der Waals surface area (Å²) in [6.45, 7) is 12.9. The predicted molar refractivity (Wildman–Crippen MR) is 183 cm³/mol. The third kappa shape index (κ3) is 28.1. The van der Waals surface area contributed by atoms with E-state index in [1.54, 1.807) is 0 Å². The highest BCUT2D eigenvalue weighted by Crippen LogP contribution is 2.16. The van der Waals surface area contributed by atoms with Gasteiger partial charge in [-0.1, -0.05) is 118 Å². The van der Waals surface area contributed by atoms with Crippen molar-refractivity contribution in [1.82, 2.24) is 4.90 Å². The first-order valence-corrected chi connectivity index (χ1v) is 18.8. The molecule has 0 rings (SSSR count). The van der Waals surface area contributed by atoms with Gasteiger partial charge in [0.15, 0.2) is 0 Å². The van der Waals surface area contributed by atoms with E-state index in [4.69, 9.17) is 15.2 Å². The Bertz CT molecular complexity index is 567. The van der Waals surface area contributed by atoms with Crippen molar-refractivity contribution in [3.8, 4) is 0 Å². The number of nitrogens with zero attached hydrogens (tertiary/aromatic N) is 1. The van der Waals surface area contributed by atoms with Crippen molar-refractivity contribution in [2.24, 2.45) is 5.73 Å². The zero-order valence-electron chi connectivity index (χ0n) is 29.3. The van der Waals surface area contributed by atoms with Gasteiger partial charge >= 0.3 is 11.9 Å². The molecule has 0 bridgehead atoms. The third-order valence-electron chi connectivity index (χ3n) is 8.47. The second-order valence-electron chi connectivity index (χ2n) is 12.8. The summed E-state index contributed by atoms with van der Waals surface area (Å²) in [6, 6.07) is 0. The first-order valence-electron chi connectivity index (χ1n) is 18.8. The predicted octanol–water partition coefficient (Wildman–Crippen LogP) is 9.90. The van der Waals surface area contributed by atoms with Crippen LogP contribution in [0.15, 0.2) is 0 Å². The van der Waals surface area contributed by atoms with E-state index >= 15 is 0 Å². The van der Waals surface area contributed by atoms with Gasteiger partial charge in [0.2, 0.25) is 0 Å². The van der Waals surface area contributed by atoms with Gasteiger partial charge in [-0.2, -0.15) is 0 Å². The second-order valence-corrected chi connectivity index (χ2v) is 12.8. The Morgan fingerprint density at radius 1 is 0.488 bits per heavy atom. The molecular formula is C37H74N2O4. The Hall–Kier alpha value is -1.14. The van der Waals surface area contributed by atoms with Gasteiger partial charge in [-0.05, 0) is 84.0 Å². The zero-order chi connectivity index (χ0) is 31.8. The average Bonchev–Trinajstić information content (AvgIpc) is 2.99. The summed E-state index contributed by atoms with van der Waals surface area (Å²) in [4.78, 5) is 27.0. The monoisotopic (exact) mass is 611 g/mol. The number of carbonyl (C=O) groups is 2. The summed E-state index contributed by atoms with van der Waals surface area (Å²) in [5.41, 5.74) is 5.80. The Morgan fingerprint density at radius 3 is 1.23 bits per heavy atom. The van der Waals surface area contributed by atoms with Crippen LogP contribution in [0.25, 0.3) is 0 Å². The fraction of sp³-hybridized carbons (Fsp3) is 0.946. The largest absolute Gasteiger partial charge is 0.462 e. The molecule has 2 atom stereocenters. The topological polar surface area (TPSA) is 81.9 Å². The maximum Gasteiger partial charge on any atom is 0.306 e. The highest BCUT2D eigenvalue weighted by molar-refractivity contribution is 5.69. The van der Waals surface area contributed by atoms with Gasteiger partial charge in [-0.15, -0.1) is 0 Å². The lowest BCUT2D eigenvalue weighted by Gasteiger charge is -2.22. The van der Waals surface area contributed by atoms with Crippen molar-refractivity contribution < 1.29 is 19.1 Å². The molecule has 0 amide bonds. The first kappa shape index (κ1) is 41.9. The van der Waals surface area contributed by atoms with Gasteiger partial charge in [-0.3, -0.25) is 9.59 Å². The van der Waals surface area contributed by atoms with Gasteiger partial charge in [-0.25, -0.2) is 0 Å². The summed E-state index contributed by atoms with van der Waals surface area (Å²) < 4.78 is 11.5. The molecule has 0 aliphatic rings. The van der Waals surface area contributed by atoms with Gasteiger partial charge < -0.3 is 20.1 Å². The molecule has 0 aromatic rings. The molecule has 0 heterocycles. The lowest BCUT2D eigenvalue weighted by Crippen LogP contribution is -2.28. The molecule has 6 nitrogen and oxygen atoms in total. The molecule has 0 spiro atoms. The van der Waals surface area contributed by atoms with E-state index in [-0.39, 0.29) is 24.1 Å². The van der Waals surface area contributed by atoms with Crippen molar-refractivity contribution in [3.05, 3.63) is 0 Å². The van der Waals surface area contributed by atoms with Crippen molar-refractivity contribution in [2.45, 2.75) is 200 Å². The highest BCUT2D eigenvalue weighted by atomic mass is 16.5. The minimum Gasteiger partial charge on any atom is -0.462 e. The number of ether oxygens (including phenoxy) is 2. The quantitative estimate of drug-likeness (QED) is 0.0588. The molecule has 0 aromatic heterocycles. The number of carbonyl (C=O) groups excluding carboxylic acids is 2. The molecule has 0 fully saturated rings. The summed E-state index contributed by atoms with van der Waals surface area (Å²) in [5, 5.41) is 0. The van der Waals surface area contributed by atoms with Crippen molar-refractivity contribution in [3.63, 3.8) is 0 Å². The minimum atomic E-state index is 0.00321. The standard InChI is InChI=1S/C37H74N2O4/c1-5-9-26-34(24-7-3)42-36(40)28-19-15-11-13-17-21-31-39(33-23-30-38)32-22-18-14-12-16-20-29-37(41)43-35(25-8-4)27-10-6-2/h34-35H,5-33,38H2,1-4H3. The van der Waals surface area contributed by atoms with Crippen LogP contribution in [-0.4, -0.2) is 55.2 Å². The maximum atomic E-state index is 12.2. The first-order chi connectivity index (χ1) is 21.0. The van der Waals surface area contributed by atoms with Crippen LogP contribution in [0.3, 0.4) is 0 Å². The van der Waals surface area contributed by atoms with Crippen LogP contribution in [0.1, 0.15) is 188 Å². The molecule has 0 aromatic carbocycles. The minimum absolute atomic E-state index is 0.00321. The van der Waals surface area contributed by atoms with E-state index in [2.05, 4.69) is 32.6 Å². The Balaban J connectivity index is 3.88. The van der Waals surface area contributed by atoms with E-state index in [0.29, 0.717) is 12.8 Å². The molecule has 2 unspecified atom stereocenters. The van der Waals surface area contributed by atoms with E-state index in [9.17, 15) is 9.59 Å². The molecule has 6 heteroatoms. The van der Waals surface area contributed by atoms with E-state index < -0.39 is 0 Å². The van der Waals surface area contributed by atoms with E-state index in [0.717, 1.165) is 109 Å². The molecule has 43 heavy (non-hydrogen) atoms. The third-order valence-corrected chi connectivity index (χ3v) is 8.47. The van der Waals surface area contributed by atoms with Crippen molar-refractivity contribution in [2.75, 3.05) is 26.2 Å². The van der Waals surface area contributed by atoms with Gasteiger partial charge in [0.05, 0.1) is 0 Å². The summed E-state index contributed by atoms with van der Waals surface area (Å²) in [6.07, 6.45) is 27.3. The maximum absolute atomic E-state index is 12.2. The summed E-state index contributed by atoms with van der Waals surface area (Å²) in [5.74, 6) is 0.00641. The second kappa shape index (κ2) is 32.3. The normalized spacial score (nSPS) is 12.9. The van der Waals surface area contributed by atoms with Gasteiger partial charge in [0.1, 0.15) is 12.2 Å². The summed E-state index contributed by atoms with van der Waals surface area (Å²) in [7, 11) is 0. The average molecular weight is 611 g/mol. The molecule has 256 valence electrons. The fourth-order valence-corrected chi connectivity index (χ4v) is 5.80. The molecule has 0 saturated heterocycles. The summed E-state index contributed by atoms with van der Waals surface area (Å²) >= 11 is 0. The van der Waals surface area contributed by atoms with Gasteiger partial charge in [0.25, 0.3) is 0 Å². The molecule has 0 saturated carbocycles. The number of hydrogen-bond acceptors (Lipinski definition) is 6. The number of rotatable bonds is 33. The van der Waals surface area contributed by atoms with Crippen LogP contribution in [-0.2, 0) is 19.1 Å². The van der Waals surface area contributed by atoms with Crippen molar-refractivity contribution >= 4 is 11.9 Å². The van der Waals surface area contributed by atoms with Crippen LogP contribution in [0.4, 0.5) is 0 Å². The van der Waals surface area contributed by atoms with Crippen LogP contribution in [0, 0.1) is 0 Å². The van der Waals surface area contributed by atoms with Crippen LogP contribution >= 0.6 is 0 Å².